The lowest BCUT2D eigenvalue weighted by molar-refractivity contribution is 0.367. The van der Waals surface area contributed by atoms with E-state index in [1.165, 1.54) is 10.9 Å². The van der Waals surface area contributed by atoms with Crippen LogP contribution in [0.5, 0.6) is 5.75 Å². The van der Waals surface area contributed by atoms with Crippen LogP contribution in [0.25, 0.3) is 10.9 Å². The second kappa shape index (κ2) is 11.2. The van der Waals surface area contributed by atoms with Gasteiger partial charge in [0.1, 0.15) is 5.75 Å². The van der Waals surface area contributed by atoms with Crippen LogP contribution in [-0.2, 0) is 6.42 Å². The second-order valence-corrected chi connectivity index (χ2v) is 7.36. The molecule has 31 heavy (non-hydrogen) atoms. The average molecular weight is 531 g/mol. The molecule has 7 heteroatoms. The van der Waals surface area contributed by atoms with Gasteiger partial charge in [-0.3, -0.25) is 9.98 Å². The van der Waals surface area contributed by atoms with Gasteiger partial charge in [0, 0.05) is 51.4 Å². The van der Waals surface area contributed by atoms with Gasteiger partial charge < -0.3 is 19.9 Å². The minimum Gasteiger partial charge on any atom is -0.495 e. The van der Waals surface area contributed by atoms with Crippen molar-refractivity contribution in [1.82, 2.24) is 15.2 Å². The molecule has 1 N–H and O–H groups in total. The number of guanidine groups is 1. The van der Waals surface area contributed by atoms with Crippen molar-refractivity contribution in [2.24, 2.45) is 4.99 Å². The van der Waals surface area contributed by atoms with Gasteiger partial charge in [0.15, 0.2) is 5.96 Å². The summed E-state index contributed by atoms with van der Waals surface area (Å²) in [5, 5.41) is 4.72. The van der Waals surface area contributed by atoms with E-state index in [1.807, 2.05) is 31.4 Å². The molecule has 0 unspecified atom stereocenters. The van der Waals surface area contributed by atoms with Gasteiger partial charge in [-0.05, 0) is 30.2 Å². The van der Waals surface area contributed by atoms with Crippen LogP contribution in [0, 0.1) is 0 Å². The zero-order chi connectivity index (χ0) is 20.8. The van der Waals surface area contributed by atoms with Gasteiger partial charge >= 0.3 is 0 Å². The molecule has 0 radical (unpaired) electrons. The highest BCUT2D eigenvalue weighted by Crippen LogP contribution is 2.28. The summed E-state index contributed by atoms with van der Waals surface area (Å²) >= 11 is 0. The molecule has 1 aliphatic rings. The van der Waals surface area contributed by atoms with Gasteiger partial charge in [-0.2, -0.15) is 0 Å². The van der Waals surface area contributed by atoms with Crippen molar-refractivity contribution in [2.45, 2.75) is 6.42 Å². The van der Waals surface area contributed by atoms with Crippen LogP contribution in [0.1, 0.15) is 5.56 Å². The van der Waals surface area contributed by atoms with E-state index in [9.17, 15) is 0 Å². The fraction of sp³-hybridized carbons (Fsp3) is 0.333. The second-order valence-electron chi connectivity index (χ2n) is 7.36. The molecule has 1 fully saturated rings. The van der Waals surface area contributed by atoms with E-state index in [2.05, 4.69) is 61.5 Å². The molecular formula is C24H30IN5O. The number of hydrogen-bond acceptors (Lipinski definition) is 4. The number of halogens is 1. The largest absolute Gasteiger partial charge is 0.495 e. The van der Waals surface area contributed by atoms with Crippen molar-refractivity contribution in [3.05, 3.63) is 66.4 Å². The Hall–Kier alpha value is -2.55. The van der Waals surface area contributed by atoms with Gasteiger partial charge in [-0.15, -0.1) is 24.0 Å². The molecule has 0 amide bonds. The molecule has 3 aromatic rings. The zero-order valence-corrected chi connectivity index (χ0v) is 20.5. The summed E-state index contributed by atoms with van der Waals surface area (Å²) in [7, 11) is 3.58. The summed E-state index contributed by atoms with van der Waals surface area (Å²) in [5.41, 5.74) is 3.50. The maximum absolute atomic E-state index is 5.52. The van der Waals surface area contributed by atoms with E-state index >= 15 is 0 Å². The van der Waals surface area contributed by atoms with Gasteiger partial charge in [-0.1, -0.05) is 36.4 Å². The minimum absolute atomic E-state index is 0. The van der Waals surface area contributed by atoms with Crippen LogP contribution in [0.2, 0.25) is 0 Å². The smallest absolute Gasteiger partial charge is 0.193 e. The molecular weight excluding hydrogens is 501 g/mol. The number of fused-ring (bicyclic) bond motifs is 1. The molecule has 2 heterocycles. The van der Waals surface area contributed by atoms with E-state index in [0.717, 1.165) is 62.1 Å². The molecule has 0 spiro atoms. The number of nitrogens with zero attached hydrogens (tertiary/aromatic N) is 4. The standard InChI is InChI=1S/C24H29N5O.HI/c1-25-24(27-14-12-20-8-5-7-19-9-6-13-26-23(19)20)29-17-15-28(16-18-29)21-10-3-4-11-22(21)30-2;/h3-11,13H,12,14-18H2,1-2H3,(H,25,27);1H. The van der Waals surface area contributed by atoms with Crippen molar-refractivity contribution in [1.29, 1.82) is 0 Å². The first-order valence-electron chi connectivity index (χ1n) is 10.5. The summed E-state index contributed by atoms with van der Waals surface area (Å²) in [5.74, 6) is 1.89. The number of methoxy groups -OCH3 is 1. The monoisotopic (exact) mass is 531 g/mol. The quantitative estimate of drug-likeness (QED) is 0.309. The highest BCUT2D eigenvalue weighted by Gasteiger charge is 2.21. The van der Waals surface area contributed by atoms with Crippen LogP contribution in [0.3, 0.4) is 0 Å². The van der Waals surface area contributed by atoms with Gasteiger partial charge in [0.05, 0.1) is 18.3 Å². The third kappa shape index (κ3) is 5.39. The van der Waals surface area contributed by atoms with Crippen molar-refractivity contribution in [3.8, 4) is 5.75 Å². The first-order chi connectivity index (χ1) is 14.8. The van der Waals surface area contributed by atoms with Crippen LogP contribution in [-0.4, -0.2) is 62.7 Å². The molecule has 1 aliphatic heterocycles. The molecule has 164 valence electrons. The Kier molecular flexibility index (Phi) is 8.34. The number of aromatic nitrogens is 1. The number of pyridine rings is 1. The maximum atomic E-state index is 5.52. The number of benzene rings is 2. The van der Waals surface area contributed by atoms with Crippen LogP contribution < -0.4 is 15.0 Å². The normalized spacial score (nSPS) is 14.3. The number of ether oxygens (including phenoxy) is 1. The van der Waals surface area contributed by atoms with Crippen LogP contribution >= 0.6 is 24.0 Å². The van der Waals surface area contributed by atoms with Crippen LogP contribution in [0.4, 0.5) is 5.69 Å². The fourth-order valence-corrected chi connectivity index (χ4v) is 4.06. The first kappa shape index (κ1) is 23.1. The predicted octanol–water partition coefficient (Wildman–Crippen LogP) is 3.80. The molecule has 0 bridgehead atoms. The molecule has 2 aromatic carbocycles. The highest BCUT2D eigenvalue weighted by molar-refractivity contribution is 14.0. The number of piperazine rings is 1. The van der Waals surface area contributed by atoms with E-state index in [1.54, 1.807) is 7.11 Å². The summed E-state index contributed by atoms with van der Waals surface area (Å²) in [6.07, 6.45) is 2.77. The number of rotatable bonds is 5. The van der Waals surface area contributed by atoms with Gasteiger partial charge in [0.25, 0.3) is 0 Å². The summed E-state index contributed by atoms with van der Waals surface area (Å²) < 4.78 is 5.52. The summed E-state index contributed by atoms with van der Waals surface area (Å²) in [6, 6.07) is 18.7. The van der Waals surface area contributed by atoms with E-state index in [-0.39, 0.29) is 24.0 Å². The Balaban J connectivity index is 0.00000272. The lowest BCUT2D eigenvalue weighted by Gasteiger charge is -2.38. The third-order valence-electron chi connectivity index (χ3n) is 5.61. The maximum Gasteiger partial charge on any atom is 0.193 e. The van der Waals surface area contributed by atoms with Crippen molar-refractivity contribution in [3.63, 3.8) is 0 Å². The number of hydrogen-bond donors (Lipinski definition) is 1. The lowest BCUT2D eigenvalue weighted by Crippen LogP contribution is -2.52. The Morgan fingerprint density at radius 1 is 1.03 bits per heavy atom. The number of para-hydroxylation sites is 3. The van der Waals surface area contributed by atoms with Gasteiger partial charge in [-0.25, -0.2) is 0 Å². The highest BCUT2D eigenvalue weighted by atomic mass is 127. The van der Waals surface area contributed by atoms with Crippen molar-refractivity contribution >= 4 is 46.5 Å². The third-order valence-corrected chi connectivity index (χ3v) is 5.61. The van der Waals surface area contributed by atoms with Crippen molar-refractivity contribution < 1.29 is 4.74 Å². The number of aliphatic imine (C=N–C) groups is 1. The predicted molar refractivity (Wildman–Crippen MR) is 139 cm³/mol. The molecule has 0 saturated carbocycles. The average Bonchev–Trinajstić information content (AvgIpc) is 2.82. The van der Waals surface area contributed by atoms with Gasteiger partial charge in [0.2, 0.25) is 0 Å². The molecule has 6 nitrogen and oxygen atoms in total. The van der Waals surface area contributed by atoms with Crippen molar-refractivity contribution in [2.75, 3.05) is 51.8 Å². The van der Waals surface area contributed by atoms with E-state index in [0.29, 0.717) is 0 Å². The Labute approximate surface area is 201 Å². The topological polar surface area (TPSA) is 53.0 Å². The Morgan fingerprint density at radius 3 is 2.58 bits per heavy atom. The summed E-state index contributed by atoms with van der Waals surface area (Å²) in [6.45, 7) is 4.55. The lowest BCUT2D eigenvalue weighted by atomic mass is 10.1. The Bertz CT molecular complexity index is 1010. The zero-order valence-electron chi connectivity index (χ0n) is 18.1. The Morgan fingerprint density at radius 2 is 1.81 bits per heavy atom. The number of anilines is 1. The molecule has 4 rings (SSSR count). The SMILES string of the molecule is CN=C(NCCc1cccc2cccnc12)N1CCN(c2ccccc2OC)CC1.I. The first-order valence-corrected chi connectivity index (χ1v) is 10.5. The molecule has 1 saturated heterocycles. The van der Waals surface area contributed by atoms with E-state index < -0.39 is 0 Å². The molecule has 0 aliphatic carbocycles. The summed E-state index contributed by atoms with van der Waals surface area (Å²) in [4.78, 5) is 13.8. The van der Waals surface area contributed by atoms with E-state index in [4.69, 9.17) is 4.74 Å². The minimum atomic E-state index is 0. The number of nitrogens with one attached hydrogen (secondary N) is 1. The molecule has 1 aromatic heterocycles. The van der Waals surface area contributed by atoms with Crippen LogP contribution in [0.15, 0.2) is 65.8 Å². The fourth-order valence-electron chi connectivity index (χ4n) is 4.06. The molecule has 0 atom stereocenters.